The van der Waals surface area contributed by atoms with Crippen molar-refractivity contribution in [3.05, 3.63) is 55.2 Å². The van der Waals surface area contributed by atoms with Crippen molar-refractivity contribution >= 4 is 10.1 Å². The van der Waals surface area contributed by atoms with Gasteiger partial charge in [-0.1, -0.05) is 12.1 Å². The third-order valence-corrected chi connectivity index (χ3v) is 6.38. The molecule has 0 bridgehead atoms. The molecule has 3 nitrogen and oxygen atoms in total. The average molecular weight is 479 g/mol. The lowest BCUT2D eigenvalue weighted by atomic mass is 10.0. The molecule has 0 spiro atoms. The smallest absolute Gasteiger partial charge is 0.285 e. The van der Waals surface area contributed by atoms with Crippen LogP contribution in [0, 0.1) is 18.8 Å². The highest BCUT2D eigenvalue weighted by Gasteiger charge is 2.37. The van der Waals surface area contributed by atoms with E-state index in [0.29, 0.717) is 11.1 Å². The van der Waals surface area contributed by atoms with Gasteiger partial charge >= 0.3 is 27.4 Å². The number of alkyl halides is 3. The zero-order valence-electron chi connectivity index (χ0n) is 11.6. The Bertz CT molecular complexity index is 816. The number of halogens is 6. The van der Waals surface area contributed by atoms with Gasteiger partial charge in [0.2, 0.25) is 7.14 Å². The van der Waals surface area contributed by atoms with E-state index in [1.807, 2.05) is 12.1 Å². The SMILES string of the molecule is Fc1cccc2c1-c1c(F)cccc1[I+]2.O=S(=O)(O)CC(F)(F)F. The van der Waals surface area contributed by atoms with Gasteiger partial charge < -0.3 is 0 Å². The van der Waals surface area contributed by atoms with E-state index in [1.54, 1.807) is 12.1 Å². The minimum absolute atomic E-state index is 0.309. The first kappa shape index (κ1) is 19.1. The summed E-state index contributed by atoms with van der Waals surface area (Å²) >= 11 is -0.411. The molecule has 0 radical (unpaired) electrons. The Kier molecular flexibility index (Phi) is 5.50. The molecule has 2 aromatic rings. The Balaban J connectivity index is 0.000000202. The lowest BCUT2D eigenvalue weighted by Gasteiger charge is -2.00. The lowest BCUT2D eigenvalue weighted by molar-refractivity contribution is -0.590. The summed E-state index contributed by atoms with van der Waals surface area (Å²) in [4.78, 5) is 0. The molecule has 0 atom stereocenters. The van der Waals surface area contributed by atoms with Crippen molar-refractivity contribution < 1.29 is 56.1 Å². The van der Waals surface area contributed by atoms with Gasteiger partial charge in [-0.2, -0.15) is 21.6 Å². The van der Waals surface area contributed by atoms with Gasteiger partial charge in [-0.25, -0.2) is 8.78 Å². The lowest BCUT2D eigenvalue weighted by Crippen LogP contribution is -3.61. The highest BCUT2D eigenvalue weighted by Crippen LogP contribution is 2.27. The predicted molar refractivity (Wildman–Crippen MR) is 71.7 cm³/mol. The molecule has 1 aliphatic rings. The quantitative estimate of drug-likeness (QED) is 0.315. The molecule has 3 rings (SSSR count). The zero-order chi connectivity index (χ0) is 18.1. The van der Waals surface area contributed by atoms with Crippen molar-refractivity contribution in [3.63, 3.8) is 0 Å². The van der Waals surface area contributed by atoms with E-state index in [0.717, 1.165) is 7.14 Å². The fourth-order valence-corrected chi connectivity index (χ4v) is 5.36. The van der Waals surface area contributed by atoms with Crippen LogP contribution in [0.3, 0.4) is 0 Å². The molecular formula is C14H9F5IO3S+. The minimum Gasteiger partial charge on any atom is -0.285 e. The van der Waals surface area contributed by atoms with Gasteiger partial charge in [0.05, 0.1) is 11.1 Å². The van der Waals surface area contributed by atoms with Crippen LogP contribution >= 0.6 is 0 Å². The number of benzene rings is 2. The maximum atomic E-state index is 13.6. The van der Waals surface area contributed by atoms with E-state index >= 15 is 0 Å². The molecule has 0 fully saturated rings. The van der Waals surface area contributed by atoms with Gasteiger partial charge in [0.25, 0.3) is 10.1 Å². The predicted octanol–water partition coefficient (Wildman–Crippen LogP) is 0.510. The summed E-state index contributed by atoms with van der Waals surface area (Å²) in [5.74, 6) is -2.80. The standard InChI is InChI=1S/C12H6F2I.C2H3F3O3S/c13-7-3-1-5-9-11(7)12-8(14)4-2-6-10(12)15-9;3-2(4,5)1-9(6,7)8/h1-6H;1H2,(H,6,7,8)/q+1;. The number of hydrogen-bond acceptors (Lipinski definition) is 2. The van der Waals surface area contributed by atoms with Gasteiger partial charge in [0.1, 0.15) is 11.6 Å². The number of hydrogen-bond donors (Lipinski definition) is 1. The van der Waals surface area contributed by atoms with E-state index in [-0.39, 0.29) is 11.6 Å². The van der Waals surface area contributed by atoms with Crippen molar-refractivity contribution in [3.8, 4) is 11.1 Å². The highest BCUT2D eigenvalue weighted by molar-refractivity contribution is 7.85. The largest absolute Gasteiger partial charge is 0.405 e. The molecule has 0 saturated heterocycles. The second-order valence-electron chi connectivity index (χ2n) is 4.63. The molecule has 0 unspecified atom stereocenters. The Labute approximate surface area is 144 Å². The monoisotopic (exact) mass is 479 g/mol. The second kappa shape index (κ2) is 6.92. The van der Waals surface area contributed by atoms with Crippen LogP contribution in [0.4, 0.5) is 22.0 Å². The number of fused-ring (bicyclic) bond motifs is 3. The summed E-state index contributed by atoms with van der Waals surface area (Å²) in [7, 11) is -4.91. The fraction of sp³-hybridized carbons (Fsp3) is 0.143. The second-order valence-corrected chi connectivity index (χ2v) is 8.95. The summed E-state index contributed by atoms with van der Waals surface area (Å²) < 4.78 is 88.8. The van der Waals surface area contributed by atoms with Crippen LogP contribution in [-0.2, 0) is 10.1 Å². The van der Waals surface area contributed by atoms with Crippen LogP contribution in [0.5, 0.6) is 0 Å². The fourth-order valence-electron chi connectivity index (χ4n) is 1.95. The van der Waals surface area contributed by atoms with E-state index in [1.165, 1.54) is 12.1 Å². The zero-order valence-corrected chi connectivity index (χ0v) is 14.6. The Morgan fingerprint density at radius 1 is 0.917 bits per heavy atom. The molecule has 0 amide bonds. The molecule has 130 valence electrons. The van der Waals surface area contributed by atoms with Crippen LogP contribution in [0.15, 0.2) is 36.4 Å². The van der Waals surface area contributed by atoms with Crippen LogP contribution in [-0.4, -0.2) is 24.9 Å². The van der Waals surface area contributed by atoms with E-state index in [2.05, 4.69) is 0 Å². The molecule has 0 aliphatic carbocycles. The Morgan fingerprint density at radius 3 is 1.62 bits per heavy atom. The van der Waals surface area contributed by atoms with Gasteiger partial charge in [-0.15, -0.1) is 0 Å². The minimum atomic E-state index is -4.91. The van der Waals surface area contributed by atoms with E-state index in [9.17, 15) is 30.4 Å². The molecular weight excluding hydrogens is 470 g/mol. The molecule has 2 aromatic carbocycles. The molecule has 1 aliphatic heterocycles. The highest BCUT2D eigenvalue weighted by atomic mass is 127. The normalized spacial score (nSPS) is 12.9. The van der Waals surface area contributed by atoms with Crippen molar-refractivity contribution in [2.75, 3.05) is 5.75 Å². The number of rotatable bonds is 1. The summed E-state index contributed by atoms with van der Waals surface area (Å²) in [6.45, 7) is 0. The summed E-state index contributed by atoms with van der Waals surface area (Å²) in [6, 6.07) is 9.96. The van der Waals surface area contributed by atoms with Crippen molar-refractivity contribution in [1.82, 2.24) is 0 Å². The van der Waals surface area contributed by atoms with Crippen molar-refractivity contribution in [2.45, 2.75) is 6.18 Å². The summed E-state index contributed by atoms with van der Waals surface area (Å²) in [6.07, 6.45) is -4.85. The van der Waals surface area contributed by atoms with Crippen LogP contribution in [0.1, 0.15) is 0 Å². The van der Waals surface area contributed by atoms with Crippen molar-refractivity contribution in [1.29, 1.82) is 0 Å². The molecule has 1 N–H and O–H groups in total. The van der Waals surface area contributed by atoms with Gasteiger partial charge in [0, 0.05) is 0 Å². The molecule has 10 heteroatoms. The van der Waals surface area contributed by atoms with Gasteiger partial charge in [0.15, 0.2) is 5.75 Å². The van der Waals surface area contributed by atoms with Gasteiger partial charge in [-0.05, 0) is 24.3 Å². The maximum absolute atomic E-state index is 13.6. The molecule has 1 heterocycles. The first-order chi connectivity index (χ1) is 11.0. The Morgan fingerprint density at radius 2 is 1.33 bits per heavy atom. The average Bonchev–Trinajstić information content (AvgIpc) is 2.76. The Hall–Kier alpha value is -1.27. The van der Waals surface area contributed by atoms with E-state index < -0.39 is 43.3 Å². The molecule has 0 aromatic heterocycles. The third-order valence-electron chi connectivity index (χ3n) is 2.73. The topological polar surface area (TPSA) is 54.4 Å². The van der Waals surface area contributed by atoms with E-state index in [4.69, 9.17) is 4.55 Å². The maximum Gasteiger partial charge on any atom is 0.405 e. The van der Waals surface area contributed by atoms with Crippen LogP contribution in [0.2, 0.25) is 0 Å². The molecule has 0 saturated carbocycles. The first-order valence-corrected chi connectivity index (χ1v) is 9.99. The van der Waals surface area contributed by atoms with Gasteiger partial charge in [-0.3, -0.25) is 4.55 Å². The van der Waals surface area contributed by atoms with Crippen LogP contribution < -0.4 is 21.2 Å². The summed E-state index contributed by atoms with van der Waals surface area (Å²) in [5.41, 5.74) is 0.969. The van der Waals surface area contributed by atoms with Crippen LogP contribution in [0.25, 0.3) is 11.1 Å². The molecule has 24 heavy (non-hydrogen) atoms. The third kappa shape index (κ3) is 4.86. The van der Waals surface area contributed by atoms with Crippen molar-refractivity contribution in [2.24, 2.45) is 0 Å². The first-order valence-electron chi connectivity index (χ1n) is 6.22. The summed E-state index contributed by atoms with van der Waals surface area (Å²) in [5, 5.41) is 0.